The number of hydrogen-bond donors (Lipinski definition) is 0. The maximum absolute atomic E-state index is 11.8. The van der Waals surface area contributed by atoms with Crippen LogP contribution in [-0.4, -0.2) is 34.0 Å². The Hall–Kier alpha value is -1.17. The topological polar surface area (TPSA) is 52.6 Å². The van der Waals surface area contributed by atoms with Gasteiger partial charge in [-0.05, 0) is 61.3 Å². The fraction of sp³-hybridized carbons (Fsp3) is 0.680. The Morgan fingerprint density at radius 1 is 0.867 bits per heavy atom. The lowest BCUT2D eigenvalue weighted by atomic mass is 9.65. The summed E-state index contributed by atoms with van der Waals surface area (Å²) in [4.78, 5) is 0.331. The van der Waals surface area contributed by atoms with Crippen molar-refractivity contribution in [2.75, 3.05) is 20.0 Å². The van der Waals surface area contributed by atoms with Crippen LogP contribution < -0.4 is 0 Å². The summed E-state index contributed by atoms with van der Waals surface area (Å²) in [6.07, 6.45) is 18.7. The van der Waals surface area contributed by atoms with Crippen LogP contribution in [0.5, 0.6) is 0 Å². The third-order valence-corrected chi connectivity index (χ3v) is 8.90. The van der Waals surface area contributed by atoms with Gasteiger partial charge in [-0.2, -0.15) is 0 Å². The van der Waals surface area contributed by atoms with Crippen molar-refractivity contribution in [1.82, 2.24) is 0 Å². The molecule has 1 heterocycles. The lowest BCUT2D eigenvalue weighted by molar-refractivity contribution is -0.166. The summed E-state index contributed by atoms with van der Waals surface area (Å²) in [5, 5.41) is 0. The lowest BCUT2D eigenvalue weighted by Crippen LogP contribution is -2.53. The van der Waals surface area contributed by atoms with E-state index in [0.717, 1.165) is 5.56 Å². The smallest absolute Gasteiger partial charge is 0.175 e. The Kier molecular flexibility index (Phi) is 6.43. The molecular formula is C25H36O4S. The minimum absolute atomic E-state index is 0.171. The van der Waals surface area contributed by atoms with Gasteiger partial charge in [-0.25, -0.2) is 8.42 Å². The molecule has 0 radical (unpaired) electrons. The normalized spacial score (nSPS) is 28.5. The molecule has 1 atom stereocenters. The molecule has 1 aromatic carbocycles. The first-order valence-electron chi connectivity index (χ1n) is 11.6. The molecule has 1 aromatic rings. The van der Waals surface area contributed by atoms with Crippen molar-refractivity contribution in [1.29, 1.82) is 0 Å². The zero-order chi connectivity index (χ0) is 21.2. The molecule has 1 aliphatic heterocycles. The number of sulfone groups is 1. The van der Waals surface area contributed by atoms with Gasteiger partial charge in [0.1, 0.15) is 5.60 Å². The molecule has 0 bridgehead atoms. The molecule has 0 spiro atoms. The first kappa shape index (κ1) is 22.0. The van der Waals surface area contributed by atoms with Crippen LogP contribution in [0.3, 0.4) is 0 Å². The van der Waals surface area contributed by atoms with Crippen LogP contribution in [0, 0.1) is 11.8 Å². The molecule has 0 saturated heterocycles. The molecule has 0 N–H and O–H groups in total. The number of benzene rings is 1. The molecule has 0 aromatic heterocycles. The Morgan fingerprint density at radius 3 is 1.80 bits per heavy atom. The van der Waals surface area contributed by atoms with Crippen molar-refractivity contribution in [3.05, 3.63) is 42.0 Å². The molecule has 4 rings (SSSR count). The number of ether oxygens (including phenoxy) is 2. The zero-order valence-electron chi connectivity index (χ0n) is 18.4. The third-order valence-electron chi connectivity index (χ3n) is 7.77. The van der Waals surface area contributed by atoms with E-state index in [-0.39, 0.29) is 5.60 Å². The predicted octanol–water partition coefficient (Wildman–Crippen LogP) is 5.42. The molecule has 5 heteroatoms. The SMILES string of the molecule is COC1(c2ccc(S(C)(=O)=O)cc2)C=CC(C2CCCCC2)(C2CCCCC2)OC1. The largest absolute Gasteiger partial charge is 0.367 e. The Bertz CT molecular complexity index is 828. The molecule has 2 fully saturated rings. The zero-order valence-corrected chi connectivity index (χ0v) is 19.3. The van der Waals surface area contributed by atoms with Crippen LogP contribution >= 0.6 is 0 Å². The fourth-order valence-corrected chi connectivity index (χ4v) is 6.58. The Balaban J connectivity index is 1.66. The lowest BCUT2D eigenvalue weighted by Gasteiger charge is -2.51. The second kappa shape index (κ2) is 8.76. The van der Waals surface area contributed by atoms with Crippen molar-refractivity contribution < 1.29 is 17.9 Å². The average molecular weight is 433 g/mol. The molecule has 4 nitrogen and oxygen atoms in total. The molecule has 30 heavy (non-hydrogen) atoms. The van der Waals surface area contributed by atoms with Crippen LogP contribution in [-0.2, 0) is 24.9 Å². The molecule has 2 saturated carbocycles. The monoisotopic (exact) mass is 432 g/mol. The van der Waals surface area contributed by atoms with E-state index < -0.39 is 15.4 Å². The van der Waals surface area contributed by atoms with E-state index >= 15 is 0 Å². The van der Waals surface area contributed by atoms with E-state index in [1.54, 1.807) is 19.2 Å². The number of rotatable bonds is 5. The molecular weight excluding hydrogens is 396 g/mol. The highest BCUT2D eigenvalue weighted by atomic mass is 32.2. The van der Waals surface area contributed by atoms with Gasteiger partial charge >= 0.3 is 0 Å². The Labute approximate surface area is 182 Å². The predicted molar refractivity (Wildman–Crippen MR) is 119 cm³/mol. The molecule has 1 unspecified atom stereocenters. The molecule has 0 amide bonds. The van der Waals surface area contributed by atoms with Gasteiger partial charge in [0.25, 0.3) is 0 Å². The van der Waals surface area contributed by atoms with E-state index in [1.165, 1.54) is 70.5 Å². The summed E-state index contributed by atoms with van der Waals surface area (Å²) >= 11 is 0. The first-order chi connectivity index (χ1) is 14.4. The van der Waals surface area contributed by atoms with Crippen molar-refractivity contribution in [2.24, 2.45) is 11.8 Å². The number of hydrogen-bond acceptors (Lipinski definition) is 4. The van der Waals surface area contributed by atoms with Gasteiger partial charge in [0.2, 0.25) is 0 Å². The summed E-state index contributed by atoms with van der Waals surface area (Å²) in [7, 11) is -1.50. The summed E-state index contributed by atoms with van der Waals surface area (Å²) in [5.41, 5.74) is 0.105. The van der Waals surface area contributed by atoms with E-state index in [2.05, 4.69) is 12.2 Å². The van der Waals surface area contributed by atoms with E-state index in [1.807, 2.05) is 12.1 Å². The van der Waals surface area contributed by atoms with Crippen molar-refractivity contribution in [2.45, 2.75) is 80.3 Å². The molecule has 3 aliphatic rings. The summed E-state index contributed by atoms with van der Waals surface area (Å²) < 4.78 is 36.5. The van der Waals surface area contributed by atoms with Crippen molar-refractivity contribution in [3.8, 4) is 0 Å². The fourth-order valence-electron chi connectivity index (χ4n) is 5.95. The van der Waals surface area contributed by atoms with E-state index in [0.29, 0.717) is 23.3 Å². The van der Waals surface area contributed by atoms with Crippen molar-refractivity contribution >= 4 is 9.84 Å². The Morgan fingerprint density at radius 2 is 1.40 bits per heavy atom. The second-order valence-electron chi connectivity index (χ2n) is 9.54. The van der Waals surface area contributed by atoms with Crippen molar-refractivity contribution in [3.63, 3.8) is 0 Å². The van der Waals surface area contributed by atoms with E-state index in [9.17, 15) is 8.42 Å². The highest BCUT2D eigenvalue weighted by Crippen LogP contribution is 2.49. The van der Waals surface area contributed by atoms with Gasteiger partial charge in [0.05, 0.1) is 17.1 Å². The maximum atomic E-state index is 11.8. The van der Waals surface area contributed by atoms with Crippen LogP contribution in [0.15, 0.2) is 41.3 Å². The first-order valence-corrected chi connectivity index (χ1v) is 13.5. The van der Waals surface area contributed by atoms with Gasteiger partial charge in [0.15, 0.2) is 9.84 Å². The highest BCUT2D eigenvalue weighted by Gasteiger charge is 2.49. The quantitative estimate of drug-likeness (QED) is 0.583. The standard InChI is InChI=1S/C25H36O4S/c1-28-24(20-13-15-23(16-14-20)30(2,26)27)17-18-25(29-19-24,21-9-5-3-6-10-21)22-11-7-4-8-12-22/h13-18,21-22H,3-12,19H2,1-2H3. The summed E-state index contributed by atoms with van der Waals surface area (Å²) in [6.45, 7) is 0.477. The average Bonchev–Trinajstić information content (AvgIpc) is 2.80. The van der Waals surface area contributed by atoms with Gasteiger partial charge in [-0.3, -0.25) is 0 Å². The minimum Gasteiger partial charge on any atom is -0.367 e. The third kappa shape index (κ3) is 4.13. The van der Waals surface area contributed by atoms with Gasteiger partial charge in [-0.1, -0.05) is 56.7 Å². The van der Waals surface area contributed by atoms with Gasteiger partial charge in [0, 0.05) is 13.4 Å². The summed E-state index contributed by atoms with van der Waals surface area (Å²) in [6, 6.07) is 7.07. The van der Waals surface area contributed by atoms with Crippen LogP contribution in [0.4, 0.5) is 0 Å². The maximum Gasteiger partial charge on any atom is 0.175 e. The molecule has 166 valence electrons. The highest BCUT2D eigenvalue weighted by molar-refractivity contribution is 7.90. The number of methoxy groups -OCH3 is 1. The molecule has 2 aliphatic carbocycles. The van der Waals surface area contributed by atoms with Crippen LogP contribution in [0.2, 0.25) is 0 Å². The van der Waals surface area contributed by atoms with E-state index in [4.69, 9.17) is 9.47 Å². The minimum atomic E-state index is -3.21. The van der Waals surface area contributed by atoms with Gasteiger partial charge in [-0.15, -0.1) is 0 Å². The van der Waals surface area contributed by atoms with Gasteiger partial charge < -0.3 is 9.47 Å². The van der Waals surface area contributed by atoms with Crippen LogP contribution in [0.25, 0.3) is 0 Å². The summed E-state index contributed by atoms with van der Waals surface area (Å²) in [5.74, 6) is 1.18. The van der Waals surface area contributed by atoms with Crippen LogP contribution in [0.1, 0.15) is 69.8 Å². The second-order valence-corrected chi connectivity index (χ2v) is 11.6.